The molecule has 2 atom stereocenters. The predicted molar refractivity (Wildman–Crippen MR) is 77.8 cm³/mol. The van der Waals surface area contributed by atoms with E-state index in [1.807, 2.05) is 11.3 Å². The van der Waals surface area contributed by atoms with Gasteiger partial charge in [-0.15, -0.1) is 11.3 Å². The third-order valence-electron chi connectivity index (χ3n) is 3.85. The van der Waals surface area contributed by atoms with Gasteiger partial charge >= 0.3 is 0 Å². The Balaban J connectivity index is 1.88. The summed E-state index contributed by atoms with van der Waals surface area (Å²) in [6, 6.07) is 0.400. The number of hydrogen-bond donors (Lipinski definition) is 1. The number of nitrogens with zero attached hydrogens (tertiary/aromatic N) is 2. The van der Waals surface area contributed by atoms with Crippen LogP contribution in [-0.2, 0) is 13.0 Å². The molecule has 1 aliphatic heterocycles. The molecule has 1 aliphatic rings. The quantitative estimate of drug-likeness (QED) is 0.892. The Bertz CT molecular complexity index is 364. The monoisotopic (exact) mass is 267 g/mol. The van der Waals surface area contributed by atoms with Crippen LogP contribution in [0.25, 0.3) is 0 Å². The zero-order valence-corrected chi connectivity index (χ0v) is 12.4. The standard InChI is InChI=1S/C14H25N3S/c1-3-5-14-16-12(10-18-14)9-17-7-6-13(15)11(4-2)8-17/h10-11,13H,3-9,15H2,1-2H3. The lowest BCUT2D eigenvalue weighted by Crippen LogP contribution is -2.46. The lowest BCUT2D eigenvalue weighted by atomic mass is 9.91. The van der Waals surface area contributed by atoms with Gasteiger partial charge in [0.15, 0.2) is 0 Å². The number of hydrogen-bond acceptors (Lipinski definition) is 4. The number of rotatable bonds is 5. The van der Waals surface area contributed by atoms with Crippen molar-refractivity contribution in [3.63, 3.8) is 0 Å². The molecule has 4 heteroatoms. The molecule has 1 aromatic heterocycles. The number of aromatic nitrogens is 1. The number of aryl methyl sites for hydroxylation is 1. The minimum Gasteiger partial charge on any atom is -0.327 e. The molecule has 102 valence electrons. The molecule has 0 spiro atoms. The van der Waals surface area contributed by atoms with Crippen LogP contribution in [0.1, 0.15) is 43.8 Å². The van der Waals surface area contributed by atoms with Gasteiger partial charge in [0.1, 0.15) is 0 Å². The molecule has 0 saturated carbocycles. The molecule has 18 heavy (non-hydrogen) atoms. The second-order valence-corrected chi connectivity index (χ2v) is 6.28. The van der Waals surface area contributed by atoms with E-state index in [2.05, 4.69) is 24.1 Å². The van der Waals surface area contributed by atoms with E-state index in [0.29, 0.717) is 12.0 Å². The first-order chi connectivity index (χ1) is 8.72. The smallest absolute Gasteiger partial charge is 0.0928 e. The van der Waals surface area contributed by atoms with E-state index in [4.69, 9.17) is 10.7 Å². The first-order valence-corrected chi connectivity index (χ1v) is 8.02. The van der Waals surface area contributed by atoms with Crippen LogP contribution in [0.2, 0.25) is 0 Å². The third kappa shape index (κ3) is 3.53. The maximum atomic E-state index is 6.15. The second-order valence-electron chi connectivity index (χ2n) is 5.34. The highest BCUT2D eigenvalue weighted by Gasteiger charge is 2.25. The number of nitrogens with two attached hydrogens (primary N) is 1. The molecule has 0 radical (unpaired) electrons. The summed E-state index contributed by atoms with van der Waals surface area (Å²) in [4.78, 5) is 7.23. The molecule has 0 aromatic carbocycles. The van der Waals surface area contributed by atoms with Crippen molar-refractivity contribution in [2.75, 3.05) is 13.1 Å². The molecule has 2 rings (SSSR count). The van der Waals surface area contributed by atoms with Crippen LogP contribution in [-0.4, -0.2) is 29.0 Å². The van der Waals surface area contributed by atoms with Crippen LogP contribution in [0.3, 0.4) is 0 Å². The molecule has 0 bridgehead atoms. The largest absolute Gasteiger partial charge is 0.327 e. The molecule has 0 aliphatic carbocycles. The molecule has 2 unspecified atom stereocenters. The van der Waals surface area contributed by atoms with Crippen LogP contribution < -0.4 is 5.73 Å². The molecule has 2 heterocycles. The first kappa shape index (κ1) is 14.0. The van der Waals surface area contributed by atoms with E-state index < -0.39 is 0 Å². The average molecular weight is 267 g/mol. The molecule has 1 aromatic rings. The Morgan fingerprint density at radius 1 is 1.50 bits per heavy atom. The molecule has 2 N–H and O–H groups in total. The van der Waals surface area contributed by atoms with Gasteiger partial charge in [-0.3, -0.25) is 4.90 Å². The highest BCUT2D eigenvalue weighted by atomic mass is 32.1. The van der Waals surface area contributed by atoms with E-state index in [9.17, 15) is 0 Å². The van der Waals surface area contributed by atoms with Crippen LogP contribution in [0, 0.1) is 5.92 Å². The summed E-state index contributed by atoms with van der Waals surface area (Å²) in [7, 11) is 0. The van der Waals surface area contributed by atoms with Gasteiger partial charge in [-0.25, -0.2) is 4.98 Å². The van der Waals surface area contributed by atoms with Crippen molar-refractivity contribution in [3.8, 4) is 0 Å². The lowest BCUT2D eigenvalue weighted by Gasteiger charge is -2.36. The van der Waals surface area contributed by atoms with Gasteiger partial charge in [-0.1, -0.05) is 20.3 Å². The van der Waals surface area contributed by atoms with Crippen molar-refractivity contribution in [1.29, 1.82) is 0 Å². The van der Waals surface area contributed by atoms with E-state index in [0.717, 1.165) is 32.5 Å². The molecule has 1 fully saturated rings. The summed E-state index contributed by atoms with van der Waals surface area (Å²) in [5.41, 5.74) is 7.39. The highest BCUT2D eigenvalue weighted by molar-refractivity contribution is 7.09. The van der Waals surface area contributed by atoms with Crippen molar-refractivity contribution in [1.82, 2.24) is 9.88 Å². The maximum Gasteiger partial charge on any atom is 0.0928 e. The zero-order valence-electron chi connectivity index (χ0n) is 11.6. The van der Waals surface area contributed by atoms with Crippen molar-refractivity contribution in [2.45, 2.75) is 52.1 Å². The Hall–Kier alpha value is -0.450. The Labute approximate surface area is 114 Å². The van der Waals surface area contributed by atoms with Crippen molar-refractivity contribution in [2.24, 2.45) is 11.7 Å². The Morgan fingerprint density at radius 3 is 3.06 bits per heavy atom. The first-order valence-electron chi connectivity index (χ1n) is 7.14. The number of piperidine rings is 1. The Morgan fingerprint density at radius 2 is 2.33 bits per heavy atom. The molecular formula is C14H25N3S. The van der Waals surface area contributed by atoms with E-state index in [-0.39, 0.29) is 0 Å². The van der Waals surface area contributed by atoms with Crippen LogP contribution in [0.4, 0.5) is 0 Å². The third-order valence-corrected chi connectivity index (χ3v) is 4.81. The maximum absolute atomic E-state index is 6.15. The molecule has 1 saturated heterocycles. The fourth-order valence-electron chi connectivity index (χ4n) is 2.68. The summed E-state index contributed by atoms with van der Waals surface area (Å²) < 4.78 is 0. The van der Waals surface area contributed by atoms with Gasteiger partial charge in [0.2, 0.25) is 0 Å². The van der Waals surface area contributed by atoms with Crippen molar-refractivity contribution >= 4 is 11.3 Å². The number of likely N-dealkylation sites (tertiary alicyclic amines) is 1. The van der Waals surface area contributed by atoms with E-state index in [1.165, 1.54) is 23.5 Å². The topological polar surface area (TPSA) is 42.2 Å². The van der Waals surface area contributed by atoms with E-state index >= 15 is 0 Å². The summed E-state index contributed by atoms with van der Waals surface area (Å²) in [5.74, 6) is 0.660. The summed E-state index contributed by atoms with van der Waals surface area (Å²) in [6.07, 6.45) is 4.62. The fraction of sp³-hybridized carbons (Fsp3) is 0.786. The van der Waals surface area contributed by atoms with E-state index in [1.54, 1.807) is 0 Å². The van der Waals surface area contributed by atoms with Gasteiger partial charge < -0.3 is 5.73 Å². The average Bonchev–Trinajstić information content (AvgIpc) is 2.80. The summed E-state index contributed by atoms with van der Waals surface area (Å²) in [6.45, 7) is 7.72. The zero-order chi connectivity index (χ0) is 13.0. The number of thiazole rings is 1. The Kier molecular flexibility index (Phi) is 5.15. The van der Waals surface area contributed by atoms with Crippen molar-refractivity contribution < 1.29 is 0 Å². The SMILES string of the molecule is CCCc1nc(CN2CCC(N)C(CC)C2)cs1. The van der Waals surface area contributed by atoms with Crippen LogP contribution >= 0.6 is 11.3 Å². The molecule has 3 nitrogen and oxygen atoms in total. The van der Waals surface area contributed by atoms with Gasteiger partial charge in [0.25, 0.3) is 0 Å². The van der Waals surface area contributed by atoms with Gasteiger partial charge in [0, 0.05) is 31.1 Å². The normalized spacial score (nSPS) is 25.5. The minimum atomic E-state index is 0.400. The van der Waals surface area contributed by atoms with Gasteiger partial charge in [-0.2, -0.15) is 0 Å². The minimum absolute atomic E-state index is 0.400. The lowest BCUT2D eigenvalue weighted by molar-refractivity contribution is 0.144. The fourth-order valence-corrected chi connectivity index (χ4v) is 3.57. The highest BCUT2D eigenvalue weighted by Crippen LogP contribution is 2.21. The van der Waals surface area contributed by atoms with Crippen LogP contribution in [0.15, 0.2) is 5.38 Å². The summed E-state index contributed by atoms with van der Waals surface area (Å²) in [5, 5.41) is 3.51. The second kappa shape index (κ2) is 6.64. The predicted octanol–water partition coefficient (Wildman–Crippen LogP) is 2.65. The molecule has 0 amide bonds. The van der Waals surface area contributed by atoms with Gasteiger partial charge in [0.05, 0.1) is 10.7 Å². The summed E-state index contributed by atoms with van der Waals surface area (Å²) >= 11 is 1.81. The van der Waals surface area contributed by atoms with Gasteiger partial charge in [-0.05, 0) is 25.2 Å². The van der Waals surface area contributed by atoms with Crippen molar-refractivity contribution in [3.05, 3.63) is 16.1 Å². The molecular weight excluding hydrogens is 242 g/mol. The van der Waals surface area contributed by atoms with Crippen LogP contribution in [0.5, 0.6) is 0 Å².